The van der Waals surface area contributed by atoms with Gasteiger partial charge in [0.25, 0.3) is 5.91 Å². The van der Waals surface area contributed by atoms with Crippen molar-refractivity contribution in [3.05, 3.63) is 28.8 Å². The van der Waals surface area contributed by atoms with E-state index in [-0.39, 0.29) is 12.0 Å². The lowest BCUT2D eigenvalue weighted by molar-refractivity contribution is -0.127. The Balaban J connectivity index is 1.52. The first-order chi connectivity index (χ1) is 9.11. The van der Waals surface area contributed by atoms with Crippen molar-refractivity contribution in [3.63, 3.8) is 0 Å². The topological polar surface area (TPSA) is 58.6 Å². The molecule has 1 saturated carbocycles. The SMILES string of the molecule is O=C(NCC1CC(O)C1)C1Cc2cc(Cl)ccc2O1. The first-order valence-electron chi connectivity index (χ1n) is 6.52. The van der Waals surface area contributed by atoms with Gasteiger partial charge in [0, 0.05) is 18.0 Å². The van der Waals surface area contributed by atoms with E-state index in [1.165, 1.54) is 0 Å². The molecule has 1 fully saturated rings. The number of hydrogen-bond acceptors (Lipinski definition) is 3. The van der Waals surface area contributed by atoms with Crippen LogP contribution in [0, 0.1) is 5.92 Å². The van der Waals surface area contributed by atoms with E-state index in [0.717, 1.165) is 24.2 Å². The fraction of sp³-hybridized carbons (Fsp3) is 0.500. The average molecular weight is 282 g/mol. The Kier molecular flexibility index (Phi) is 3.37. The number of ether oxygens (including phenoxy) is 1. The number of rotatable bonds is 3. The van der Waals surface area contributed by atoms with E-state index in [4.69, 9.17) is 16.3 Å². The van der Waals surface area contributed by atoms with Crippen LogP contribution in [0.4, 0.5) is 0 Å². The fourth-order valence-corrected chi connectivity index (χ4v) is 2.78. The molecule has 2 N–H and O–H groups in total. The minimum atomic E-state index is -0.460. The van der Waals surface area contributed by atoms with Gasteiger partial charge in [-0.25, -0.2) is 0 Å². The number of carbonyl (C=O) groups is 1. The predicted molar refractivity (Wildman–Crippen MR) is 71.3 cm³/mol. The monoisotopic (exact) mass is 281 g/mol. The smallest absolute Gasteiger partial charge is 0.261 e. The Morgan fingerprint density at radius 1 is 1.47 bits per heavy atom. The van der Waals surface area contributed by atoms with E-state index in [2.05, 4.69) is 5.32 Å². The number of amides is 1. The van der Waals surface area contributed by atoms with Crippen molar-refractivity contribution >= 4 is 17.5 Å². The van der Waals surface area contributed by atoms with Gasteiger partial charge in [-0.1, -0.05) is 11.6 Å². The van der Waals surface area contributed by atoms with Crippen molar-refractivity contribution in [2.75, 3.05) is 6.54 Å². The van der Waals surface area contributed by atoms with Gasteiger partial charge < -0.3 is 15.2 Å². The van der Waals surface area contributed by atoms with Crippen LogP contribution in [0.15, 0.2) is 18.2 Å². The van der Waals surface area contributed by atoms with Crippen LogP contribution in [0.3, 0.4) is 0 Å². The van der Waals surface area contributed by atoms with Crippen LogP contribution in [0.5, 0.6) is 5.75 Å². The quantitative estimate of drug-likeness (QED) is 0.883. The summed E-state index contributed by atoms with van der Waals surface area (Å²) in [5.41, 5.74) is 0.978. The van der Waals surface area contributed by atoms with Crippen molar-refractivity contribution in [1.29, 1.82) is 0 Å². The molecule has 1 aliphatic carbocycles. The standard InChI is InChI=1S/C14H16ClNO3/c15-10-1-2-12-9(5-10)6-13(19-12)14(18)16-7-8-3-11(17)4-8/h1-2,5,8,11,13,17H,3-4,6-7H2,(H,16,18). The van der Waals surface area contributed by atoms with Crippen LogP contribution in [0.1, 0.15) is 18.4 Å². The zero-order chi connectivity index (χ0) is 13.4. The Labute approximate surface area is 116 Å². The van der Waals surface area contributed by atoms with Crippen molar-refractivity contribution in [3.8, 4) is 5.75 Å². The van der Waals surface area contributed by atoms with E-state index >= 15 is 0 Å². The van der Waals surface area contributed by atoms with Crippen molar-refractivity contribution < 1.29 is 14.6 Å². The third kappa shape index (κ3) is 2.69. The van der Waals surface area contributed by atoms with Crippen LogP contribution in [-0.4, -0.2) is 29.8 Å². The molecule has 1 aromatic carbocycles. The molecule has 102 valence electrons. The van der Waals surface area contributed by atoms with Gasteiger partial charge >= 0.3 is 0 Å². The van der Waals surface area contributed by atoms with E-state index in [1.54, 1.807) is 12.1 Å². The highest BCUT2D eigenvalue weighted by molar-refractivity contribution is 6.30. The van der Waals surface area contributed by atoms with Crippen LogP contribution in [0.2, 0.25) is 5.02 Å². The van der Waals surface area contributed by atoms with E-state index < -0.39 is 6.10 Å². The lowest BCUT2D eigenvalue weighted by atomic mass is 9.82. The molecular formula is C14H16ClNO3. The molecule has 0 spiro atoms. The Bertz CT molecular complexity index is 499. The van der Waals surface area contributed by atoms with Crippen LogP contribution in [-0.2, 0) is 11.2 Å². The molecule has 0 bridgehead atoms. The first-order valence-corrected chi connectivity index (χ1v) is 6.90. The summed E-state index contributed by atoms with van der Waals surface area (Å²) in [5.74, 6) is 1.05. The summed E-state index contributed by atoms with van der Waals surface area (Å²) < 4.78 is 5.61. The molecule has 1 atom stereocenters. The maximum Gasteiger partial charge on any atom is 0.261 e. The summed E-state index contributed by atoms with van der Waals surface area (Å²) in [6.07, 6.45) is 1.48. The van der Waals surface area contributed by atoms with Crippen molar-refractivity contribution in [2.45, 2.75) is 31.5 Å². The molecule has 19 heavy (non-hydrogen) atoms. The summed E-state index contributed by atoms with van der Waals surface area (Å²) in [6, 6.07) is 5.40. The van der Waals surface area contributed by atoms with E-state index in [0.29, 0.717) is 23.9 Å². The number of benzene rings is 1. The van der Waals surface area contributed by atoms with Crippen LogP contribution >= 0.6 is 11.6 Å². The molecule has 0 aromatic heterocycles. The molecule has 2 aliphatic rings. The summed E-state index contributed by atoms with van der Waals surface area (Å²) in [7, 11) is 0. The molecule has 1 unspecified atom stereocenters. The van der Waals surface area contributed by atoms with Gasteiger partial charge in [0.1, 0.15) is 5.75 Å². The lowest BCUT2D eigenvalue weighted by Gasteiger charge is -2.31. The van der Waals surface area contributed by atoms with Gasteiger partial charge in [0.05, 0.1) is 6.10 Å². The lowest BCUT2D eigenvalue weighted by Crippen LogP contribution is -2.43. The zero-order valence-electron chi connectivity index (χ0n) is 10.4. The highest BCUT2D eigenvalue weighted by Gasteiger charge is 2.31. The van der Waals surface area contributed by atoms with Gasteiger partial charge in [0.15, 0.2) is 6.10 Å². The fourth-order valence-electron chi connectivity index (χ4n) is 2.59. The van der Waals surface area contributed by atoms with E-state index in [9.17, 15) is 9.90 Å². The Hall–Kier alpha value is -1.26. The molecule has 1 amide bonds. The minimum absolute atomic E-state index is 0.0892. The summed E-state index contributed by atoms with van der Waals surface area (Å²) in [4.78, 5) is 12.0. The number of halogens is 1. The largest absolute Gasteiger partial charge is 0.480 e. The molecular weight excluding hydrogens is 266 g/mol. The molecule has 1 heterocycles. The second-order valence-corrected chi connectivity index (χ2v) is 5.74. The zero-order valence-corrected chi connectivity index (χ0v) is 11.2. The average Bonchev–Trinajstić information content (AvgIpc) is 2.75. The molecule has 0 saturated heterocycles. The summed E-state index contributed by atoms with van der Waals surface area (Å²) >= 11 is 5.91. The van der Waals surface area contributed by atoms with Gasteiger partial charge in [0.2, 0.25) is 0 Å². The molecule has 4 nitrogen and oxygen atoms in total. The first kappa shape index (κ1) is 12.8. The third-order valence-corrected chi connectivity index (χ3v) is 4.00. The molecule has 1 aliphatic heterocycles. The second kappa shape index (κ2) is 5.02. The van der Waals surface area contributed by atoms with Crippen molar-refractivity contribution in [2.24, 2.45) is 5.92 Å². The van der Waals surface area contributed by atoms with Crippen molar-refractivity contribution in [1.82, 2.24) is 5.32 Å². The van der Waals surface area contributed by atoms with Gasteiger partial charge in [-0.05, 0) is 42.5 Å². The maximum absolute atomic E-state index is 12.0. The van der Waals surface area contributed by atoms with E-state index in [1.807, 2.05) is 6.07 Å². The third-order valence-electron chi connectivity index (χ3n) is 3.77. The summed E-state index contributed by atoms with van der Waals surface area (Å²) in [5, 5.41) is 12.7. The molecule has 1 aromatic rings. The minimum Gasteiger partial charge on any atom is -0.480 e. The predicted octanol–water partition coefficient (Wildman–Crippen LogP) is 1.53. The highest BCUT2D eigenvalue weighted by Crippen LogP contribution is 2.31. The number of nitrogens with one attached hydrogen (secondary N) is 1. The second-order valence-electron chi connectivity index (χ2n) is 5.30. The van der Waals surface area contributed by atoms with Crippen LogP contribution in [0.25, 0.3) is 0 Å². The number of carbonyl (C=O) groups excluding carboxylic acids is 1. The summed E-state index contributed by atoms with van der Waals surface area (Å²) in [6.45, 7) is 0.618. The van der Waals surface area contributed by atoms with Gasteiger partial charge in [-0.2, -0.15) is 0 Å². The highest BCUT2D eigenvalue weighted by atomic mass is 35.5. The molecule has 3 rings (SSSR count). The number of fused-ring (bicyclic) bond motifs is 1. The maximum atomic E-state index is 12.0. The Morgan fingerprint density at radius 3 is 3.00 bits per heavy atom. The normalized spacial score (nSPS) is 28.2. The molecule has 0 radical (unpaired) electrons. The number of aliphatic hydroxyl groups is 1. The van der Waals surface area contributed by atoms with Gasteiger partial charge in [-0.3, -0.25) is 4.79 Å². The number of hydrogen-bond donors (Lipinski definition) is 2. The van der Waals surface area contributed by atoms with Crippen LogP contribution < -0.4 is 10.1 Å². The Morgan fingerprint density at radius 2 is 2.26 bits per heavy atom. The van der Waals surface area contributed by atoms with Gasteiger partial charge in [-0.15, -0.1) is 0 Å². The number of aliphatic hydroxyl groups excluding tert-OH is 1. The molecule has 5 heteroatoms.